The summed E-state index contributed by atoms with van der Waals surface area (Å²) in [4.78, 5) is 12.2. The minimum atomic E-state index is 0.110. The van der Waals surface area contributed by atoms with E-state index in [1.807, 2.05) is 0 Å². The van der Waals surface area contributed by atoms with E-state index >= 15 is 0 Å². The van der Waals surface area contributed by atoms with Gasteiger partial charge in [0.2, 0.25) is 5.91 Å². The first-order chi connectivity index (χ1) is 11.8. The van der Waals surface area contributed by atoms with Crippen LogP contribution in [0.15, 0.2) is 54.6 Å². The molecule has 24 heavy (non-hydrogen) atoms. The van der Waals surface area contributed by atoms with Gasteiger partial charge in [-0.2, -0.15) is 0 Å². The fraction of sp³-hybridized carbons (Fsp3) is 0.227. The lowest BCUT2D eigenvalue weighted by atomic mass is 9.91. The van der Waals surface area contributed by atoms with E-state index in [9.17, 15) is 4.79 Å². The van der Waals surface area contributed by atoms with Gasteiger partial charge < -0.3 is 5.32 Å². The van der Waals surface area contributed by atoms with E-state index in [4.69, 9.17) is 0 Å². The highest BCUT2D eigenvalue weighted by Gasteiger charge is 2.12. The Bertz CT molecular complexity index is 1000. The molecule has 4 aromatic carbocycles. The molecule has 2 nitrogen and oxygen atoms in total. The number of hydrogen-bond acceptors (Lipinski definition) is 1. The van der Waals surface area contributed by atoms with Crippen molar-refractivity contribution in [3.8, 4) is 0 Å². The molecule has 0 aromatic heterocycles. The highest BCUT2D eigenvalue weighted by molar-refractivity contribution is 6.23. The lowest BCUT2D eigenvalue weighted by Gasteiger charge is -2.14. The van der Waals surface area contributed by atoms with Gasteiger partial charge in [0, 0.05) is 6.54 Å². The van der Waals surface area contributed by atoms with Crippen molar-refractivity contribution in [3.05, 3.63) is 60.2 Å². The van der Waals surface area contributed by atoms with Gasteiger partial charge in [0.1, 0.15) is 0 Å². The maximum Gasteiger partial charge on any atom is 0.224 e. The molecule has 0 aliphatic rings. The molecule has 4 aromatic rings. The molecule has 0 radical (unpaired) electrons. The van der Waals surface area contributed by atoms with Crippen LogP contribution >= 0.6 is 0 Å². The Balaban J connectivity index is 1.81. The van der Waals surface area contributed by atoms with Crippen LogP contribution in [0.3, 0.4) is 0 Å². The second-order valence-electron chi connectivity index (χ2n) is 6.46. The molecule has 0 aliphatic heterocycles. The van der Waals surface area contributed by atoms with E-state index < -0.39 is 0 Å². The number of carbonyl (C=O) groups excluding carboxylic acids is 1. The molecule has 0 spiro atoms. The van der Waals surface area contributed by atoms with Crippen LogP contribution < -0.4 is 5.32 Å². The molecular formula is C22H21NO. The fourth-order valence-electron chi connectivity index (χ4n) is 3.59. The molecule has 0 aliphatic carbocycles. The first kappa shape index (κ1) is 14.9. The average Bonchev–Trinajstić information content (AvgIpc) is 2.61. The van der Waals surface area contributed by atoms with Gasteiger partial charge in [0.15, 0.2) is 0 Å². The van der Waals surface area contributed by atoms with Crippen LogP contribution in [0.25, 0.3) is 32.3 Å². The first-order valence-electron chi connectivity index (χ1n) is 8.70. The monoisotopic (exact) mass is 315 g/mol. The maximum absolute atomic E-state index is 12.2. The van der Waals surface area contributed by atoms with Crippen molar-refractivity contribution in [1.29, 1.82) is 0 Å². The van der Waals surface area contributed by atoms with E-state index in [2.05, 4.69) is 66.8 Å². The summed E-state index contributed by atoms with van der Waals surface area (Å²) >= 11 is 0. The van der Waals surface area contributed by atoms with Gasteiger partial charge >= 0.3 is 0 Å². The Kier molecular flexibility index (Phi) is 3.81. The highest BCUT2D eigenvalue weighted by atomic mass is 16.1. The van der Waals surface area contributed by atoms with Gasteiger partial charge in [0.05, 0.1) is 6.42 Å². The number of unbranched alkanes of at least 4 members (excludes halogenated alkanes) is 1. The van der Waals surface area contributed by atoms with Crippen molar-refractivity contribution in [2.24, 2.45) is 0 Å². The van der Waals surface area contributed by atoms with Crippen molar-refractivity contribution in [1.82, 2.24) is 5.32 Å². The maximum atomic E-state index is 12.2. The normalized spacial score (nSPS) is 11.5. The molecule has 0 fully saturated rings. The van der Waals surface area contributed by atoms with Crippen LogP contribution in [0.5, 0.6) is 0 Å². The SMILES string of the molecule is CCCCNC(=O)Cc1ccc2ccc3cccc4ccc1c2c34. The zero-order chi connectivity index (χ0) is 16.5. The van der Waals surface area contributed by atoms with Crippen LogP contribution in [-0.2, 0) is 11.2 Å². The standard InChI is InChI=1S/C22H21NO/c1-2-3-13-23-20(24)14-18-10-9-17-8-7-15-5-4-6-16-11-12-19(18)22(17)21(15)16/h4-12H,2-3,13-14H2,1H3,(H,23,24). The number of nitrogens with one attached hydrogen (secondary N) is 1. The molecule has 120 valence electrons. The quantitative estimate of drug-likeness (QED) is 0.405. The molecule has 1 N–H and O–H groups in total. The lowest BCUT2D eigenvalue weighted by Crippen LogP contribution is -2.26. The summed E-state index contributed by atoms with van der Waals surface area (Å²) < 4.78 is 0. The molecule has 0 bridgehead atoms. The predicted molar refractivity (Wildman–Crippen MR) is 102 cm³/mol. The van der Waals surface area contributed by atoms with E-state index in [0.717, 1.165) is 24.9 Å². The van der Waals surface area contributed by atoms with Crippen LogP contribution in [0, 0.1) is 0 Å². The Morgan fingerprint density at radius 3 is 2.29 bits per heavy atom. The molecule has 2 heteroatoms. The Morgan fingerprint density at radius 1 is 0.875 bits per heavy atom. The third-order valence-electron chi connectivity index (χ3n) is 4.82. The summed E-state index contributed by atoms with van der Waals surface area (Å²) in [5.74, 6) is 0.110. The van der Waals surface area contributed by atoms with Crippen LogP contribution in [0.1, 0.15) is 25.3 Å². The highest BCUT2D eigenvalue weighted by Crippen LogP contribution is 2.35. The van der Waals surface area contributed by atoms with Crippen molar-refractivity contribution in [3.63, 3.8) is 0 Å². The van der Waals surface area contributed by atoms with E-state index in [0.29, 0.717) is 6.42 Å². The molecule has 0 heterocycles. The van der Waals surface area contributed by atoms with Gasteiger partial charge in [0.25, 0.3) is 0 Å². The van der Waals surface area contributed by atoms with Crippen LogP contribution in [0.4, 0.5) is 0 Å². The predicted octanol–water partition coefficient (Wildman–Crippen LogP) is 5.04. The smallest absolute Gasteiger partial charge is 0.224 e. The topological polar surface area (TPSA) is 29.1 Å². The minimum absolute atomic E-state index is 0.110. The Morgan fingerprint density at radius 2 is 1.54 bits per heavy atom. The summed E-state index contributed by atoms with van der Waals surface area (Å²) in [5, 5.41) is 10.6. The molecule has 0 saturated carbocycles. The number of amides is 1. The number of hydrogen-bond donors (Lipinski definition) is 1. The third kappa shape index (κ3) is 2.48. The summed E-state index contributed by atoms with van der Waals surface area (Å²) in [6.07, 6.45) is 2.57. The Hall–Kier alpha value is -2.61. The van der Waals surface area contributed by atoms with Crippen LogP contribution in [0.2, 0.25) is 0 Å². The number of carbonyl (C=O) groups is 1. The third-order valence-corrected chi connectivity index (χ3v) is 4.82. The van der Waals surface area contributed by atoms with Crippen molar-refractivity contribution >= 4 is 38.2 Å². The van der Waals surface area contributed by atoms with E-state index in [1.54, 1.807) is 0 Å². The lowest BCUT2D eigenvalue weighted by molar-refractivity contribution is -0.120. The summed E-state index contributed by atoms with van der Waals surface area (Å²) in [7, 11) is 0. The molecule has 0 atom stereocenters. The minimum Gasteiger partial charge on any atom is -0.356 e. The van der Waals surface area contributed by atoms with Gasteiger partial charge in [-0.15, -0.1) is 0 Å². The second-order valence-corrected chi connectivity index (χ2v) is 6.46. The van der Waals surface area contributed by atoms with E-state index in [-0.39, 0.29) is 5.91 Å². The zero-order valence-electron chi connectivity index (χ0n) is 13.9. The molecule has 1 amide bonds. The van der Waals surface area contributed by atoms with E-state index in [1.165, 1.54) is 32.3 Å². The molecule has 4 rings (SSSR count). The average molecular weight is 315 g/mol. The van der Waals surface area contributed by atoms with Crippen molar-refractivity contribution in [2.45, 2.75) is 26.2 Å². The van der Waals surface area contributed by atoms with Gasteiger partial charge in [-0.1, -0.05) is 67.9 Å². The van der Waals surface area contributed by atoms with Gasteiger partial charge in [-0.3, -0.25) is 4.79 Å². The number of rotatable bonds is 5. The van der Waals surface area contributed by atoms with Crippen LogP contribution in [-0.4, -0.2) is 12.5 Å². The fourth-order valence-corrected chi connectivity index (χ4v) is 3.59. The molecule has 0 unspecified atom stereocenters. The van der Waals surface area contributed by atoms with Gasteiger partial charge in [-0.05, 0) is 44.3 Å². The zero-order valence-corrected chi connectivity index (χ0v) is 13.9. The Labute approximate surface area is 141 Å². The summed E-state index contributed by atoms with van der Waals surface area (Å²) in [6.45, 7) is 2.90. The molecular weight excluding hydrogens is 294 g/mol. The summed E-state index contributed by atoms with van der Waals surface area (Å²) in [5.41, 5.74) is 1.11. The largest absolute Gasteiger partial charge is 0.356 e. The van der Waals surface area contributed by atoms with Crippen molar-refractivity contribution < 1.29 is 4.79 Å². The second kappa shape index (κ2) is 6.12. The summed E-state index contributed by atoms with van der Waals surface area (Å²) in [6, 6.07) is 19.3. The first-order valence-corrected chi connectivity index (χ1v) is 8.70. The van der Waals surface area contributed by atoms with Crippen molar-refractivity contribution in [2.75, 3.05) is 6.54 Å². The number of benzene rings is 4. The van der Waals surface area contributed by atoms with Gasteiger partial charge in [-0.25, -0.2) is 0 Å². The molecule has 0 saturated heterocycles.